The number of para-hydroxylation sites is 2. The number of aromatic nitrogens is 3. The molecule has 9 nitrogen and oxygen atoms in total. The highest BCUT2D eigenvalue weighted by atomic mass is 32.1. The maximum Gasteiger partial charge on any atom is 0.335 e. The molecule has 3 aliphatic rings. The summed E-state index contributed by atoms with van der Waals surface area (Å²) in [7, 11) is 0. The first-order chi connectivity index (χ1) is 21.1. The lowest BCUT2D eigenvalue weighted by atomic mass is 9.88. The molecule has 2 aromatic heterocycles. The van der Waals surface area contributed by atoms with E-state index in [4.69, 9.17) is 24.2 Å². The van der Waals surface area contributed by atoms with Gasteiger partial charge < -0.3 is 23.9 Å². The SMILES string of the molecule is O=C(O)c1ccc2nc(CN3CCC(c4cccc5c4O[C@H](c4nc6ccccc6s4)CO5)CC3)n(C[C@@H]3CCO3)c2c1. The monoisotopic (exact) mass is 596 g/mol. The second kappa shape index (κ2) is 10.9. The summed E-state index contributed by atoms with van der Waals surface area (Å²) in [4.78, 5) is 23.9. The molecule has 2 fully saturated rings. The number of aromatic carboxylic acids is 1. The number of hydrogen-bond donors (Lipinski definition) is 1. The molecule has 8 rings (SSSR count). The number of hydrogen-bond acceptors (Lipinski definition) is 8. The topological polar surface area (TPSA) is 98.9 Å². The van der Waals surface area contributed by atoms with Crippen LogP contribution in [0.1, 0.15) is 58.0 Å². The number of carboxylic acid groups (broad SMARTS) is 1. The Kier molecular flexibility index (Phi) is 6.77. The summed E-state index contributed by atoms with van der Waals surface area (Å²) in [6.07, 6.45) is 2.94. The van der Waals surface area contributed by atoms with Gasteiger partial charge in [0.05, 0.1) is 46.0 Å². The van der Waals surface area contributed by atoms with Gasteiger partial charge in [0.2, 0.25) is 0 Å². The maximum absolute atomic E-state index is 11.7. The van der Waals surface area contributed by atoms with E-state index in [0.29, 0.717) is 25.6 Å². The molecule has 3 aliphatic heterocycles. The first-order valence-electron chi connectivity index (χ1n) is 14.9. The van der Waals surface area contributed by atoms with Crippen LogP contribution in [-0.4, -0.2) is 62.9 Å². The van der Waals surface area contributed by atoms with Crippen LogP contribution >= 0.6 is 11.3 Å². The molecule has 3 aromatic carbocycles. The van der Waals surface area contributed by atoms with Crippen molar-refractivity contribution in [3.05, 3.63) is 82.6 Å². The van der Waals surface area contributed by atoms with Crippen LogP contribution in [-0.2, 0) is 17.8 Å². The molecular weight excluding hydrogens is 564 g/mol. The molecule has 0 amide bonds. The zero-order chi connectivity index (χ0) is 28.9. The number of imidazole rings is 1. The van der Waals surface area contributed by atoms with Gasteiger partial charge in [-0.15, -0.1) is 11.3 Å². The molecule has 0 radical (unpaired) electrons. The van der Waals surface area contributed by atoms with E-state index < -0.39 is 5.97 Å². The number of nitrogens with zero attached hydrogens (tertiary/aromatic N) is 4. The third kappa shape index (κ3) is 5.03. The van der Waals surface area contributed by atoms with Gasteiger partial charge in [-0.1, -0.05) is 24.3 Å². The van der Waals surface area contributed by atoms with Crippen molar-refractivity contribution < 1.29 is 24.1 Å². The minimum Gasteiger partial charge on any atom is -0.485 e. The van der Waals surface area contributed by atoms with Crippen LogP contribution in [0.3, 0.4) is 0 Å². The summed E-state index contributed by atoms with van der Waals surface area (Å²) >= 11 is 1.67. The van der Waals surface area contributed by atoms with E-state index in [1.165, 1.54) is 5.56 Å². The molecule has 0 spiro atoms. The predicted molar refractivity (Wildman–Crippen MR) is 163 cm³/mol. The Morgan fingerprint density at radius 3 is 2.65 bits per heavy atom. The highest BCUT2D eigenvalue weighted by molar-refractivity contribution is 7.18. The molecule has 5 aromatic rings. The third-order valence-corrected chi connectivity index (χ3v) is 10.0. The molecule has 0 saturated carbocycles. The minimum atomic E-state index is -0.929. The van der Waals surface area contributed by atoms with Crippen molar-refractivity contribution in [1.82, 2.24) is 19.4 Å². The van der Waals surface area contributed by atoms with Gasteiger partial charge in [0.15, 0.2) is 17.6 Å². The zero-order valence-corrected chi connectivity index (χ0v) is 24.5. The molecule has 0 aliphatic carbocycles. The lowest BCUT2D eigenvalue weighted by molar-refractivity contribution is -0.0592. The minimum absolute atomic E-state index is 0.147. The van der Waals surface area contributed by atoms with Crippen LogP contribution in [0.15, 0.2) is 60.7 Å². The van der Waals surface area contributed by atoms with E-state index in [0.717, 1.165) is 82.5 Å². The van der Waals surface area contributed by atoms with E-state index in [1.54, 1.807) is 23.5 Å². The Bertz CT molecular complexity index is 1790. The predicted octanol–water partition coefficient (Wildman–Crippen LogP) is 6.03. The van der Waals surface area contributed by atoms with Crippen LogP contribution in [0.25, 0.3) is 21.3 Å². The summed E-state index contributed by atoms with van der Waals surface area (Å²) in [6, 6.07) is 19.6. The zero-order valence-electron chi connectivity index (χ0n) is 23.6. The molecule has 1 N–H and O–H groups in total. The van der Waals surface area contributed by atoms with Crippen LogP contribution in [0.4, 0.5) is 0 Å². The summed E-state index contributed by atoms with van der Waals surface area (Å²) in [5.41, 5.74) is 4.16. The van der Waals surface area contributed by atoms with Gasteiger partial charge in [-0.2, -0.15) is 0 Å². The molecule has 2 atom stereocenters. The van der Waals surface area contributed by atoms with Crippen molar-refractivity contribution in [2.75, 3.05) is 26.3 Å². The number of thiazole rings is 1. The van der Waals surface area contributed by atoms with Crippen molar-refractivity contribution in [3.8, 4) is 11.5 Å². The van der Waals surface area contributed by atoms with Crippen molar-refractivity contribution in [3.63, 3.8) is 0 Å². The van der Waals surface area contributed by atoms with Crippen LogP contribution in [0.5, 0.6) is 11.5 Å². The number of carbonyl (C=O) groups is 1. The van der Waals surface area contributed by atoms with Crippen molar-refractivity contribution in [2.45, 2.75) is 50.5 Å². The summed E-state index contributed by atoms with van der Waals surface area (Å²) in [5.74, 6) is 2.06. The number of benzene rings is 3. The average Bonchev–Trinajstić information content (AvgIpc) is 3.59. The normalized spacial score (nSPS) is 20.8. The number of rotatable bonds is 7. The molecular formula is C33H32N4O5S. The largest absolute Gasteiger partial charge is 0.485 e. The van der Waals surface area contributed by atoms with E-state index in [2.05, 4.69) is 27.7 Å². The average molecular weight is 597 g/mol. The van der Waals surface area contributed by atoms with E-state index in [9.17, 15) is 9.90 Å². The fourth-order valence-corrected chi connectivity index (χ4v) is 7.43. The summed E-state index contributed by atoms with van der Waals surface area (Å²) < 4.78 is 21.9. The third-order valence-electron chi connectivity index (χ3n) is 8.89. The standard InChI is InChI=1S/C33H32N4O5S/c38-33(39)21-8-9-24-26(16-21)37(17-22-12-15-40-22)30(34-24)18-36-13-10-20(11-14-36)23-4-3-6-27-31(23)42-28(19-41-27)32-35-25-5-1-2-7-29(25)43-32/h1-9,16,20,22,28H,10-15,17-19H2,(H,38,39)/t22-,28-/m0/s1. The fourth-order valence-electron chi connectivity index (χ4n) is 6.45. The van der Waals surface area contributed by atoms with Gasteiger partial charge in [0.25, 0.3) is 0 Å². The smallest absolute Gasteiger partial charge is 0.335 e. The molecule has 0 bridgehead atoms. The molecule has 2 saturated heterocycles. The van der Waals surface area contributed by atoms with Crippen molar-refractivity contribution in [1.29, 1.82) is 0 Å². The fraction of sp³-hybridized carbons (Fsp3) is 0.364. The van der Waals surface area contributed by atoms with Gasteiger partial charge in [0.1, 0.15) is 17.4 Å². The van der Waals surface area contributed by atoms with Crippen LogP contribution in [0, 0.1) is 0 Å². The number of carboxylic acids is 1. The second-order valence-corrected chi connectivity index (χ2v) is 12.7. The van der Waals surface area contributed by atoms with Gasteiger partial charge in [-0.3, -0.25) is 4.90 Å². The van der Waals surface area contributed by atoms with E-state index >= 15 is 0 Å². The number of ether oxygens (including phenoxy) is 3. The van der Waals surface area contributed by atoms with E-state index in [1.807, 2.05) is 30.3 Å². The van der Waals surface area contributed by atoms with Crippen molar-refractivity contribution in [2.24, 2.45) is 0 Å². The maximum atomic E-state index is 11.7. The van der Waals surface area contributed by atoms with Gasteiger partial charge in [-0.05, 0) is 74.7 Å². The lowest BCUT2D eigenvalue weighted by Gasteiger charge is -2.34. The number of fused-ring (bicyclic) bond motifs is 3. The molecule has 43 heavy (non-hydrogen) atoms. The van der Waals surface area contributed by atoms with E-state index in [-0.39, 0.29) is 17.8 Å². The molecule has 5 heterocycles. The first kappa shape index (κ1) is 26.6. The van der Waals surface area contributed by atoms with Gasteiger partial charge in [0, 0.05) is 12.2 Å². The van der Waals surface area contributed by atoms with Gasteiger partial charge in [-0.25, -0.2) is 14.8 Å². The van der Waals surface area contributed by atoms with Crippen LogP contribution < -0.4 is 9.47 Å². The highest BCUT2D eigenvalue weighted by Crippen LogP contribution is 2.45. The first-order valence-corrected chi connectivity index (χ1v) is 15.7. The molecule has 10 heteroatoms. The summed E-state index contributed by atoms with van der Waals surface area (Å²) in [5, 5.41) is 10.5. The Labute approximate surface area is 252 Å². The lowest BCUT2D eigenvalue weighted by Crippen LogP contribution is -2.35. The van der Waals surface area contributed by atoms with Crippen LogP contribution in [0.2, 0.25) is 0 Å². The highest BCUT2D eigenvalue weighted by Gasteiger charge is 2.32. The van der Waals surface area contributed by atoms with Crippen molar-refractivity contribution >= 4 is 38.6 Å². The Morgan fingerprint density at radius 1 is 1.00 bits per heavy atom. The number of likely N-dealkylation sites (tertiary alicyclic amines) is 1. The Morgan fingerprint density at radius 2 is 1.86 bits per heavy atom. The number of piperidine rings is 1. The Hall–Kier alpha value is -3.99. The Balaban J connectivity index is 0.991. The second-order valence-electron chi connectivity index (χ2n) is 11.6. The quantitative estimate of drug-likeness (QED) is 0.243. The summed E-state index contributed by atoms with van der Waals surface area (Å²) in [6.45, 7) is 4.49. The molecule has 0 unspecified atom stereocenters. The van der Waals surface area contributed by atoms with Gasteiger partial charge >= 0.3 is 5.97 Å². The molecule has 220 valence electrons.